The first kappa shape index (κ1) is 15.3. The predicted octanol–water partition coefficient (Wildman–Crippen LogP) is 1.07. The van der Waals surface area contributed by atoms with Crippen molar-refractivity contribution in [2.24, 2.45) is 7.05 Å². The van der Waals surface area contributed by atoms with Crippen LogP contribution in [0.15, 0.2) is 18.3 Å². The minimum absolute atomic E-state index is 0.166. The molecular formula is C14H16IN5O2. The van der Waals surface area contributed by atoms with Crippen LogP contribution < -0.4 is 11.1 Å². The molecular weight excluding hydrogens is 397 g/mol. The van der Waals surface area contributed by atoms with Gasteiger partial charge >= 0.3 is 0 Å². The SMILES string of the molecule is Cn1ccc2c3c(NCC(O)CO)nc(N)nc3cc(I)c21. The normalized spacial score (nSPS) is 12.9. The number of rotatable bonds is 4. The standard InChI is InChI=1S/C14H16IN5O2/c1-20-3-2-8-11-10(4-9(15)12(8)20)18-14(16)19-13(11)17-5-7(22)6-21/h2-4,7,21-22H,5-6H2,1H3,(H3,16,17,18,19). The number of nitrogens with one attached hydrogen (secondary N) is 1. The van der Waals surface area contributed by atoms with E-state index >= 15 is 0 Å². The zero-order valence-electron chi connectivity index (χ0n) is 11.9. The molecule has 0 bridgehead atoms. The first-order valence-electron chi connectivity index (χ1n) is 6.74. The Morgan fingerprint density at radius 1 is 1.45 bits per heavy atom. The molecule has 0 saturated heterocycles. The highest BCUT2D eigenvalue weighted by Crippen LogP contribution is 2.33. The maximum atomic E-state index is 9.53. The molecule has 22 heavy (non-hydrogen) atoms. The zero-order chi connectivity index (χ0) is 15.9. The third-order valence-electron chi connectivity index (χ3n) is 3.50. The van der Waals surface area contributed by atoms with Gasteiger partial charge in [0, 0.05) is 28.7 Å². The number of aliphatic hydroxyl groups is 2. The van der Waals surface area contributed by atoms with Crippen molar-refractivity contribution in [1.29, 1.82) is 0 Å². The summed E-state index contributed by atoms with van der Waals surface area (Å²) in [5.74, 6) is 0.724. The van der Waals surface area contributed by atoms with Gasteiger partial charge < -0.3 is 25.8 Å². The van der Waals surface area contributed by atoms with Crippen LogP contribution in [0.3, 0.4) is 0 Å². The van der Waals surface area contributed by atoms with Gasteiger partial charge in [-0.15, -0.1) is 0 Å². The topological polar surface area (TPSA) is 109 Å². The van der Waals surface area contributed by atoms with Gasteiger partial charge in [0.1, 0.15) is 5.82 Å². The summed E-state index contributed by atoms with van der Waals surface area (Å²) in [7, 11) is 1.98. The van der Waals surface area contributed by atoms with Crippen molar-refractivity contribution in [2.45, 2.75) is 6.10 Å². The zero-order valence-corrected chi connectivity index (χ0v) is 14.1. The summed E-state index contributed by atoms with van der Waals surface area (Å²) in [6, 6.07) is 3.97. The maximum absolute atomic E-state index is 9.53. The molecule has 116 valence electrons. The molecule has 8 heteroatoms. The van der Waals surface area contributed by atoms with E-state index in [4.69, 9.17) is 10.8 Å². The molecule has 1 aromatic carbocycles. The number of aromatic nitrogens is 3. The highest BCUT2D eigenvalue weighted by Gasteiger charge is 2.15. The van der Waals surface area contributed by atoms with E-state index in [9.17, 15) is 5.11 Å². The Morgan fingerprint density at radius 2 is 2.23 bits per heavy atom. The van der Waals surface area contributed by atoms with Gasteiger partial charge in [-0.2, -0.15) is 4.98 Å². The van der Waals surface area contributed by atoms with Gasteiger partial charge in [0.15, 0.2) is 0 Å². The average molecular weight is 413 g/mol. The van der Waals surface area contributed by atoms with Gasteiger partial charge in [-0.1, -0.05) is 0 Å². The molecule has 0 aliphatic carbocycles. The number of nitrogens with two attached hydrogens (primary N) is 1. The van der Waals surface area contributed by atoms with Gasteiger partial charge in [-0.25, -0.2) is 4.98 Å². The average Bonchev–Trinajstić information content (AvgIpc) is 2.86. The highest BCUT2D eigenvalue weighted by atomic mass is 127. The Hall–Kier alpha value is -1.65. The molecule has 0 fully saturated rings. The molecule has 1 atom stereocenters. The van der Waals surface area contributed by atoms with E-state index in [1.54, 1.807) is 0 Å². The predicted molar refractivity (Wildman–Crippen MR) is 94.7 cm³/mol. The molecule has 0 saturated carbocycles. The highest BCUT2D eigenvalue weighted by molar-refractivity contribution is 14.1. The third kappa shape index (κ3) is 2.57. The summed E-state index contributed by atoms with van der Waals surface area (Å²) in [6.07, 6.45) is 1.12. The molecule has 0 spiro atoms. The number of aryl methyl sites for hydroxylation is 1. The second-order valence-corrected chi connectivity index (χ2v) is 6.25. The van der Waals surface area contributed by atoms with Gasteiger partial charge in [-0.3, -0.25) is 0 Å². The van der Waals surface area contributed by atoms with Crippen LogP contribution in [0, 0.1) is 3.57 Å². The first-order valence-corrected chi connectivity index (χ1v) is 7.82. The molecule has 7 nitrogen and oxygen atoms in total. The summed E-state index contributed by atoms with van der Waals surface area (Å²) >= 11 is 2.27. The van der Waals surface area contributed by atoms with Gasteiger partial charge in [0.05, 0.1) is 29.1 Å². The van der Waals surface area contributed by atoms with E-state index in [2.05, 4.69) is 37.9 Å². The molecule has 0 radical (unpaired) electrons. The quantitative estimate of drug-likeness (QED) is 0.477. The van der Waals surface area contributed by atoms with Gasteiger partial charge in [0.25, 0.3) is 0 Å². The van der Waals surface area contributed by atoms with Crippen molar-refractivity contribution < 1.29 is 10.2 Å². The van der Waals surface area contributed by atoms with Crippen LogP contribution in [0.4, 0.5) is 11.8 Å². The molecule has 5 N–H and O–H groups in total. The number of fused-ring (bicyclic) bond motifs is 3. The number of nitrogens with zero attached hydrogens (tertiary/aromatic N) is 3. The Labute approximate surface area is 140 Å². The summed E-state index contributed by atoms with van der Waals surface area (Å²) in [5, 5.41) is 23.4. The first-order chi connectivity index (χ1) is 10.5. The lowest BCUT2D eigenvalue weighted by atomic mass is 10.1. The molecule has 2 heterocycles. The number of hydrogen-bond acceptors (Lipinski definition) is 6. The van der Waals surface area contributed by atoms with Crippen molar-refractivity contribution in [2.75, 3.05) is 24.2 Å². The van der Waals surface area contributed by atoms with Crippen molar-refractivity contribution in [3.05, 3.63) is 21.9 Å². The van der Waals surface area contributed by atoms with Crippen LogP contribution in [0.25, 0.3) is 21.8 Å². The lowest BCUT2D eigenvalue weighted by Crippen LogP contribution is -2.23. The van der Waals surface area contributed by atoms with Gasteiger partial charge in [-0.05, 0) is 34.7 Å². The van der Waals surface area contributed by atoms with E-state index in [1.165, 1.54) is 0 Å². The largest absolute Gasteiger partial charge is 0.394 e. The van der Waals surface area contributed by atoms with E-state index in [0.717, 1.165) is 25.4 Å². The van der Waals surface area contributed by atoms with E-state index in [-0.39, 0.29) is 19.1 Å². The van der Waals surface area contributed by atoms with E-state index in [1.807, 2.05) is 29.9 Å². The summed E-state index contributed by atoms with van der Waals surface area (Å²) in [6.45, 7) is -0.132. The summed E-state index contributed by atoms with van der Waals surface area (Å²) < 4.78 is 3.12. The second-order valence-electron chi connectivity index (χ2n) is 5.09. The lowest BCUT2D eigenvalue weighted by Gasteiger charge is -2.13. The van der Waals surface area contributed by atoms with Crippen molar-refractivity contribution in [3.8, 4) is 0 Å². The number of anilines is 2. The van der Waals surface area contributed by atoms with E-state index < -0.39 is 6.10 Å². The van der Waals surface area contributed by atoms with Crippen LogP contribution in [0.5, 0.6) is 0 Å². The summed E-state index contributed by atoms with van der Waals surface area (Å²) in [5.41, 5.74) is 7.62. The Balaban J connectivity index is 2.24. The summed E-state index contributed by atoms with van der Waals surface area (Å²) in [4.78, 5) is 8.55. The Kier molecular flexibility index (Phi) is 4.06. The number of hydrogen-bond donors (Lipinski definition) is 4. The lowest BCUT2D eigenvalue weighted by molar-refractivity contribution is 0.105. The van der Waals surface area contributed by atoms with Crippen molar-refractivity contribution >= 4 is 56.2 Å². The van der Waals surface area contributed by atoms with Gasteiger partial charge in [0.2, 0.25) is 5.95 Å². The molecule has 2 aromatic heterocycles. The van der Waals surface area contributed by atoms with Crippen LogP contribution in [0.2, 0.25) is 0 Å². The Morgan fingerprint density at radius 3 is 2.95 bits per heavy atom. The number of halogens is 1. The Bertz CT molecular complexity index is 848. The van der Waals surface area contributed by atoms with Crippen molar-refractivity contribution in [1.82, 2.24) is 14.5 Å². The number of nitrogen functional groups attached to an aromatic ring is 1. The minimum atomic E-state index is -0.860. The number of aliphatic hydroxyl groups excluding tert-OH is 2. The van der Waals surface area contributed by atoms with Crippen molar-refractivity contribution in [3.63, 3.8) is 0 Å². The van der Waals surface area contributed by atoms with Crippen LogP contribution in [-0.2, 0) is 7.05 Å². The molecule has 0 amide bonds. The van der Waals surface area contributed by atoms with Crippen LogP contribution in [-0.4, -0.2) is 44.0 Å². The molecule has 3 rings (SSSR count). The van der Waals surface area contributed by atoms with E-state index in [0.29, 0.717) is 5.82 Å². The minimum Gasteiger partial charge on any atom is -0.394 e. The fourth-order valence-electron chi connectivity index (χ4n) is 2.49. The second kappa shape index (κ2) is 5.86. The maximum Gasteiger partial charge on any atom is 0.222 e. The monoisotopic (exact) mass is 413 g/mol. The third-order valence-corrected chi connectivity index (χ3v) is 4.32. The molecule has 0 aliphatic heterocycles. The van der Waals surface area contributed by atoms with Crippen LogP contribution in [0.1, 0.15) is 0 Å². The molecule has 1 unspecified atom stereocenters. The molecule has 3 aromatic rings. The fraction of sp³-hybridized carbons (Fsp3) is 0.286. The number of benzene rings is 1. The smallest absolute Gasteiger partial charge is 0.222 e. The van der Waals surface area contributed by atoms with Crippen LogP contribution >= 0.6 is 22.6 Å². The molecule has 0 aliphatic rings. The fourth-order valence-corrected chi connectivity index (χ4v) is 3.46.